The van der Waals surface area contributed by atoms with Gasteiger partial charge < -0.3 is 9.32 Å². The van der Waals surface area contributed by atoms with E-state index in [0.29, 0.717) is 0 Å². The molecule has 278 valence electrons. The monoisotopic (exact) mass is 753 g/mol. The first-order valence-electron chi connectivity index (χ1n) is 20.5. The quantitative estimate of drug-likeness (QED) is 0.163. The van der Waals surface area contributed by atoms with Crippen molar-refractivity contribution in [2.24, 2.45) is 0 Å². The van der Waals surface area contributed by atoms with Gasteiger partial charge in [0, 0.05) is 33.1 Å². The van der Waals surface area contributed by atoms with E-state index in [4.69, 9.17) is 4.42 Å². The zero-order valence-corrected chi connectivity index (χ0v) is 32.9. The molecule has 1 aliphatic carbocycles. The molecule has 0 atom stereocenters. The first kappa shape index (κ1) is 33.7. The molecular formula is C57H39NO. The minimum Gasteiger partial charge on any atom is -0.456 e. The van der Waals surface area contributed by atoms with Gasteiger partial charge in [-0.3, -0.25) is 0 Å². The Labute approximate surface area is 343 Å². The second kappa shape index (κ2) is 12.8. The Morgan fingerprint density at radius 1 is 0.373 bits per heavy atom. The fourth-order valence-electron chi connectivity index (χ4n) is 9.99. The van der Waals surface area contributed by atoms with Gasteiger partial charge in [0.15, 0.2) is 0 Å². The molecular weight excluding hydrogens is 715 g/mol. The van der Waals surface area contributed by atoms with E-state index in [1.54, 1.807) is 0 Å². The topological polar surface area (TPSA) is 16.4 Å². The van der Waals surface area contributed by atoms with E-state index in [9.17, 15) is 0 Å². The van der Waals surface area contributed by atoms with Gasteiger partial charge in [-0.25, -0.2) is 0 Å². The minimum absolute atomic E-state index is 0.161. The molecule has 1 heterocycles. The molecule has 2 nitrogen and oxygen atoms in total. The summed E-state index contributed by atoms with van der Waals surface area (Å²) in [5.74, 6) is 0. The predicted octanol–water partition coefficient (Wildman–Crippen LogP) is 16.2. The van der Waals surface area contributed by atoms with E-state index in [-0.39, 0.29) is 5.41 Å². The molecule has 0 spiro atoms. The number of anilines is 3. The summed E-state index contributed by atoms with van der Waals surface area (Å²) < 4.78 is 6.39. The summed E-state index contributed by atoms with van der Waals surface area (Å²) >= 11 is 0. The Bertz CT molecular complexity index is 3500. The zero-order valence-electron chi connectivity index (χ0n) is 32.9. The van der Waals surface area contributed by atoms with Crippen molar-refractivity contribution in [3.63, 3.8) is 0 Å². The number of nitrogens with zero attached hydrogens (tertiary/aromatic N) is 1. The van der Waals surface area contributed by atoms with Crippen molar-refractivity contribution < 1.29 is 4.42 Å². The Balaban J connectivity index is 1.19. The van der Waals surface area contributed by atoms with E-state index >= 15 is 0 Å². The van der Waals surface area contributed by atoms with Gasteiger partial charge in [-0.1, -0.05) is 159 Å². The van der Waals surface area contributed by atoms with Gasteiger partial charge in [-0.2, -0.15) is 0 Å². The molecule has 0 bridgehead atoms. The van der Waals surface area contributed by atoms with Crippen molar-refractivity contribution in [2.75, 3.05) is 4.90 Å². The fraction of sp³-hybridized carbons (Fsp3) is 0.0526. The third-order valence-electron chi connectivity index (χ3n) is 12.8. The van der Waals surface area contributed by atoms with Crippen LogP contribution in [0, 0.1) is 0 Å². The van der Waals surface area contributed by atoms with Gasteiger partial charge in [0.25, 0.3) is 0 Å². The van der Waals surface area contributed by atoms with Crippen molar-refractivity contribution in [1.82, 2.24) is 0 Å². The molecule has 59 heavy (non-hydrogen) atoms. The lowest BCUT2D eigenvalue weighted by Crippen LogP contribution is -2.17. The smallest absolute Gasteiger partial charge is 0.135 e. The molecule has 0 unspecified atom stereocenters. The molecule has 0 amide bonds. The second-order valence-electron chi connectivity index (χ2n) is 16.5. The summed E-state index contributed by atoms with van der Waals surface area (Å²) in [5.41, 5.74) is 15.0. The van der Waals surface area contributed by atoms with Gasteiger partial charge in [0.1, 0.15) is 11.2 Å². The predicted molar refractivity (Wildman–Crippen MR) is 249 cm³/mol. The molecule has 0 saturated heterocycles. The number of furan rings is 1. The van der Waals surface area contributed by atoms with Crippen LogP contribution in [-0.4, -0.2) is 0 Å². The molecule has 0 saturated carbocycles. The molecule has 0 fully saturated rings. The Hall–Kier alpha value is -7.42. The van der Waals surface area contributed by atoms with E-state index in [1.165, 1.54) is 76.8 Å². The van der Waals surface area contributed by atoms with E-state index in [0.717, 1.165) is 39.0 Å². The van der Waals surface area contributed by atoms with Crippen molar-refractivity contribution in [3.8, 4) is 33.4 Å². The highest BCUT2D eigenvalue weighted by Crippen LogP contribution is 2.53. The number of fused-ring (bicyclic) bond motifs is 10. The number of hydrogen-bond donors (Lipinski definition) is 0. The van der Waals surface area contributed by atoms with Gasteiger partial charge in [0.05, 0.1) is 5.69 Å². The molecule has 11 aromatic rings. The van der Waals surface area contributed by atoms with Crippen LogP contribution in [0.1, 0.15) is 25.0 Å². The Morgan fingerprint density at radius 3 is 1.90 bits per heavy atom. The Kier molecular flexibility index (Phi) is 7.31. The zero-order chi connectivity index (χ0) is 39.2. The van der Waals surface area contributed by atoms with Crippen LogP contribution < -0.4 is 4.90 Å². The summed E-state index contributed by atoms with van der Waals surface area (Å²) in [6, 6.07) is 73.6. The number of para-hydroxylation sites is 1. The second-order valence-corrected chi connectivity index (χ2v) is 16.5. The van der Waals surface area contributed by atoms with Crippen LogP contribution >= 0.6 is 0 Å². The van der Waals surface area contributed by atoms with Crippen LogP contribution in [0.4, 0.5) is 17.1 Å². The van der Waals surface area contributed by atoms with Crippen LogP contribution in [0.5, 0.6) is 0 Å². The molecule has 0 radical (unpaired) electrons. The van der Waals surface area contributed by atoms with Crippen molar-refractivity contribution in [2.45, 2.75) is 19.3 Å². The van der Waals surface area contributed by atoms with Crippen LogP contribution in [0.15, 0.2) is 205 Å². The van der Waals surface area contributed by atoms with Crippen molar-refractivity contribution >= 4 is 71.3 Å². The maximum absolute atomic E-state index is 6.39. The van der Waals surface area contributed by atoms with Gasteiger partial charge >= 0.3 is 0 Å². The average molecular weight is 754 g/mol. The van der Waals surface area contributed by atoms with E-state index < -0.39 is 0 Å². The molecule has 0 aliphatic heterocycles. The Morgan fingerprint density at radius 2 is 1.02 bits per heavy atom. The molecule has 1 aliphatic rings. The van der Waals surface area contributed by atoms with E-state index in [2.05, 4.69) is 213 Å². The highest BCUT2D eigenvalue weighted by Gasteiger charge is 2.36. The fourth-order valence-corrected chi connectivity index (χ4v) is 9.99. The number of hydrogen-bond acceptors (Lipinski definition) is 2. The lowest BCUT2D eigenvalue weighted by molar-refractivity contribution is 0.660. The van der Waals surface area contributed by atoms with Gasteiger partial charge in [0.2, 0.25) is 0 Å². The van der Waals surface area contributed by atoms with Gasteiger partial charge in [-0.15, -0.1) is 0 Å². The first-order valence-corrected chi connectivity index (χ1v) is 20.5. The SMILES string of the molecule is CC1(C)c2ccccc2-c2ccc(N(c3ccc4oc5ccccc5c4c3)c3cccc(-c4cc5ccccc5c5ccccc45)c3-c3ccc4ccccc4c3)cc21. The summed E-state index contributed by atoms with van der Waals surface area (Å²) in [6.45, 7) is 4.73. The molecule has 10 aromatic carbocycles. The molecule has 2 heteroatoms. The molecule has 12 rings (SSSR count). The summed E-state index contributed by atoms with van der Waals surface area (Å²) in [6.07, 6.45) is 0. The van der Waals surface area contributed by atoms with Crippen LogP contribution in [0.25, 0.3) is 87.6 Å². The highest BCUT2D eigenvalue weighted by atomic mass is 16.3. The van der Waals surface area contributed by atoms with E-state index in [1.807, 2.05) is 6.07 Å². The average Bonchev–Trinajstić information content (AvgIpc) is 3.77. The summed E-state index contributed by atoms with van der Waals surface area (Å²) in [4.78, 5) is 2.48. The summed E-state index contributed by atoms with van der Waals surface area (Å²) in [5, 5.41) is 9.63. The maximum Gasteiger partial charge on any atom is 0.135 e. The van der Waals surface area contributed by atoms with Crippen molar-refractivity contribution in [1.29, 1.82) is 0 Å². The first-order chi connectivity index (χ1) is 29.0. The standard InChI is InChI=1S/C57H39NO/c1-57(2)51-23-11-9-20-45(51)46-30-28-41(35-52(46)57)58(40-29-31-55-50(34-40)47-21-10-12-25-54(47)59-55)53-24-13-22-48(56(53)39-27-26-36-14-3-4-15-37(36)32-39)49-33-38-16-5-6-17-42(38)43-18-7-8-19-44(43)49/h3-35H,1-2H3. The lowest BCUT2D eigenvalue weighted by Gasteiger charge is -2.31. The third-order valence-corrected chi connectivity index (χ3v) is 12.8. The third kappa shape index (κ3) is 5.13. The minimum atomic E-state index is -0.161. The number of benzene rings is 10. The number of rotatable bonds is 5. The van der Waals surface area contributed by atoms with Gasteiger partial charge in [-0.05, 0) is 126 Å². The normalized spacial score (nSPS) is 13.1. The van der Waals surface area contributed by atoms with Crippen LogP contribution in [0.2, 0.25) is 0 Å². The summed E-state index contributed by atoms with van der Waals surface area (Å²) in [7, 11) is 0. The maximum atomic E-state index is 6.39. The van der Waals surface area contributed by atoms with Crippen molar-refractivity contribution in [3.05, 3.63) is 211 Å². The molecule has 0 N–H and O–H groups in total. The van der Waals surface area contributed by atoms with Crippen LogP contribution in [-0.2, 0) is 5.41 Å². The van der Waals surface area contributed by atoms with Crippen LogP contribution in [0.3, 0.4) is 0 Å². The lowest BCUT2D eigenvalue weighted by atomic mass is 9.82. The molecule has 1 aromatic heterocycles. The highest BCUT2D eigenvalue weighted by molar-refractivity contribution is 6.16. The largest absolute Gasteiger partial charge is 0.456 e.